The summed E-state index contributed by atoms with van der Waals surface area (Å²) >= 11 is 3.44. The maximum absolute atomic E-state index is 13.0. The molecule has 0 bridgehead atoms. The second-order valence-corrected chi connectivity index (χ2v) is 7.41. The summed E-state index contributed by atoms with van der Waals surface area (Å²) in [5.41, 5.74) is 5.04. The van der Waals surface area contributed by atoms with Gasteiger partial charge in [0.1, 0.15) is 5.69 Å². The Labute approximate surface area is 166 Å². The maximum Gasteiger partial charge on any atom is 0.356 e. The summed E-state index contributed by atoms with van der Waals surface area (Å²) in [6.07, 6.45) is 0. The number of benzene rings is 2. The van der Waals surface area contributed by atoms with Gasteiger partial charge in [-0.25, -0.2) is 4.79 Å². The molecule has 140 valence electrons. The van der Waals surface area contributed by atoms with Gasteiger partial charge in [-0.2, -0.15) is 0 Å². The van der Waals surface area contributed by atoms with Crippen LogP contribution in [0.5, 0.6) is 0 Å². The molecule has 0 aliphatic rings. The fourth-order valence-corrected chi connectivity index (χ4v) is 3.40. The van der Waals surface area contributed by atoms with E-state index in [9.17, 15) is 9.59 Å². The van der Waals surface area contributed by atoms with E-state index < -0.39 is 5.97 Å². The van der Waals surface area contributed by atoms with Crippen molar-refractivity contribution in [1.82, 2.24) is 4.98 Å². The Morgan fingerprint density at radius 3 is 2.48 bits per heavy atom. The van der Waals surface area contributed by atoms with Gasteiger partial charge in [0.2, 0.25) is 0 Å². The molecule has 5 nitrogen and oxygen atoms in total. The average molecular weight is 429 g/mol. The van der Waals surface area contributed by atoms with Crippen molar-refractivity contribution >= 4 is 44.4 Å². The Hall–Kier alpha value is -2.60. The van der Waals surface area contributed by atoms with Crippen molar-refractivity contribution in [3.63, 3.8) is 0 Å². The van der Waals surface area contributed by atoms with Crippen LogP contribution in [0.25, 0.3) is 10.9 Å². The third-order valence-electron chi connectivity index (χ3n) is 4.56. The normalized spacial score (nSPS) is 10.9. The largest absolute Gasteiger partial charge is 0.461 e. The molecule has 6 heteroatoms. The van der Waals surface area contributed by atoms with Gasteiger partial charge in [0.15, 0.2) is 0 Å². The predicted octanol–water partition coefficient (Wildman–Crippen LogP) is 5.28. The fourth-order valence-electron chi connectivity index (χ4n) is 3.04. The van der Waals surface area contributed by atoms with E-state index in [2.05, 4.69) is 26.2 Å². The van der Waals surface area contributed by atoms with E-state index in [4.69, 9.17) is 4.74 Å². The number of hydrogen-bond donors (Lipinski definition) is 2. The number of nitrogens with one attached hydrogen (secondary N) is 2. The van der Waals surface area contributed by atoms with E-state index in [1.54, 1.807) is 6.92 Å². The van der Waals surface area contributed by atoms with Crippen LogP contribution in [0.4, 0.5) is 5.69 Å². The summed E-state index contributed by atoms with van der Waals surface area (Å²) in [5, 5.41) is 3.65. The van der Waals surface area contributed by atoms with Crippen molar-refractivity contribution in [2.24, 2.45) is 0 Å². The number of H-pyrrole nitrogens is 1. The molecule has 3 rings (SSSR count). The van der Waals surface area contributed by atoms with Crippen LogP contribution in [-0.2, 0) is 4.74 Å². The molecule has 2 aromatic carbocycles. The Kier molecular flexibility index (Phi) is 5.37. The lowest BCUT2D eigenvalue weighted by Gasteiger charge is -2.11. The van der Waals surface area contributed by atoms with Gasteiger partial charge in [-0.3, -0.25) is 4.79 Å². The zero-order chi connectivity index (χ0) is 19.7. The minimum absolute atomic E-state index is 0.236. The van der Waals surface area contributed by atoms with Gasteiger partial charge >= 0.3 is 5.97 Å². The van der Waals surface area contributed by atoms with Crippen molar-refractivity contribution in [3.05, 3.63) is 62.8 Å². The van der Waals surface area contributed by atoms with Gasteiger partial charge in [-0.05, 0) is 68.7 Å². The van der Waals surface area contributed by atoms with E-state index >= 15 is 0 Å². The van der Waals surface area contributed by atoms with Crippen LogP contribution in [-0.4, -0.2) is 23.5 Å². The summed E-state index contributed by atoms with van der Waals surface area (Å²) in [5.74, 6) is -0.765. The Bertz CT molecular complexity index is 1050. The highest BCUT2D eigenvalue weighted by atomic mass is 79.9. The summed E-state index contributed by atoms with van der Waals surface area (Å²) in [6.45, 7) is 7.88. The molecule has 0 aliphatic heterocycles. The van der Waals surface area contributed by atoms with Crippen molar-refractivity contribution in [3.8, 4) is 0 Å². The molecule has 1 aromatic heterocycles. The van der Waals surface area contributed by atoms with Crippen LogP contribution < -0.4 is 5.32 Å². The predicted molar refractivity (Wildman–Crippen MR) is 111 cm³/mol. The first-order valence-electron chi connectivity index (χ1n) is 8.69. The van der Waals surface area contributed by atoms with Crippen LogP contribution in [0.3, 0.4) is 0 Å². The molecule has 1 amide bonds. The molecule has 1 heterocycles. The molecule has 0 unspecified atom stereocenters. The number of aromatic amines is 1. The summed E-state index contributed by atoms with van der Waals surface area (Å²) in [6, 6.07) is 9.43. The number of carbonyl (C=O) groups excluding carboxylic acids is 2. The van der Waals surface area contributed by atoms with E-state index in [0.29, 0.717) is 11.3 Å². The molecule has 27 heavy (non-hydrogen) atoms. The number of rotatable bonds is 4. The number of aromatic nitrogens is 1. The molecular weight excluding hydrogens is 408 g/mol. The van der Waals surface area contributed by atoms with Gasteiger partial charge in [0.05, 0.1) is 12.3 Å². The Morgan fingerprint density at radius 1 is 1.07 bits per heavy atom. The van der Waals surface area contributed by atoms with Crippen LogP contribution >= 0.6 is 15.9 Å². The van der Waals surface area contributed by atoms with Crippen LogP contribution in [0, 0.1) is 20.8 Å². The SMILES string of the molecule is CCOC(=O)c1[nH]c2ccc(Br)cc2c1NC(=O)c1cc(C)c(C)cc1C. The number of aryl methyl sites for hydroxylation is 3. The van der Waals surface area contributed by atoms with E-state index in [1.807, 2.05) is 51.1 Å². The average Bonchev–Trinajstić information content (AvgIpc) is 2.96. The smallest absolute Gasteiger partial charge is 0.356 e. The van der Waals surface area contributed by atoms with Gasteiger partial charge < -0.3 is 15.0 Å². The number of esters is 1. The van der Waals surface area contributed by atoms with Crippen molar-refractivity contribution < 1.29 is 14.3 Å². The standard InChI is InChI=1S/C21H21BrN2O3/c1-5-27-21(26)19-18(16-10-14(22)6-7-17(16)23-19)24-20(25)15-9-12(3)11(2)8-13(15)4/h6-10,23H,5H2,1-4H3,(H,24,25). The van der Waals surface area contributed by atoms with Crippen molar-refractivity contribution in [1.29, 1.82) is 0 Å². The first-order chi connectivity index (χ1) is 12.8. The highest BCUT2D eigenvalue weighted by molar-refractivity contribution is 9.10. The third kappa shape index (κ3) is 3.76. The molecule has 0 saturated heterocycles. The van der Waals surface area contributed by atoms with E-state index in [1.165, 1.54) is 0 Å². The monoisotopic (exact) mass is 428 g/mol. The second kappa shape index (κ2) is 7.56. The van der Waals surface area contributed by atoms with E-state index in [-0.39, 0.29) is 18.2 Å². The summed E-state index contributed by atoms with van der Waals surface area (Å²) in [4.78, 5) is 28.4. The van der Waals surface area contributed by atoms with Crippen LogP contribution in [0.15, 0.2) is 34.8 Å². The van der Waals surface area contributed by atoms with Gasteiger partial charge in [-0.15, -0.1) is 0 Å². The fraction of sp³-hybridized carbons (Fsp3) is 0.238. The number of carbonyl (C=O) groups is 2. The highest BCUT2D eigenvalue weighted by Gasteiger charge is 2.22. The molecular formula is C21H21BrN2O3. The maximum atomic E-state index is 13.0. The Balaban J connectivity index is 2.08. The lowest BCUT2D eigenvalue weighted by atomic mass is 10.0. The topological polar surface area (TPSA) is 71.2 Å². The zero-order valence-corrected chi connectivity index (χ0v) is 17.3. The third-order valence-corrected chi connectivity index (χ3v) is 5.06. The minimum atomic E-state index is -0.503. The number of ether oxygens (including phenoxy) is 1. The molecule has 0 spiro atoms. The summed E-state index contributed by atoms with van der Waals surface area (Å²) < 4.78 is 5.99. The van der Waals surface area contributed by atoms with Gasteiger partial charge in [-0.1, -0.05) is 22.0 Å². The quantitative estimate of drug-likeness (QED) is 0.554. The number of fused-ring (bicyclic) bond motifs is 1. The van der Waals surface area contributed by atoms with Crippen molar-refractivity contribution in [2.45, 2.75) is 27.7 Å². The second-order valence-electron chi connectivity index (χ2n) is 6.49. The molecule has 2 N–H and O–H groups in total. The minimum Gasteiger partial charge on any atom is -0.461 e. The number of anilines is 1. The number of amides is 1. The molecule has 0 radical (unpaired) electrons. The van der Waals surface area contributed by atoms with Crippen molar-refractivity contribution in [2.75, 3.05) is 11.9 Å². The zero-order valence-electron chi connectivity index (χ0n) is 15.7. The Morgan fingerprint density at radius 2 is 1.78 bits per heavy atom. The first kappa shape index (κ1) is 19.2. The first-order valence-corrected chi connectivity index (χ1v) is 9.48. The van der Waals surface area contributed by atoms with Crippen LogP contribution in [0.2, 0.25) is 0 Å². The van der Waals surface area contributed by atoms with E-state index in [0.717, 1.165) is 32.1 Å². The highest BCUT2D eigenvalue weighted by Crippen LogP contribution is 2.31. The molecule has 0 aliphatic carbocycles. The lowest BCUT2D eigenvalue weighted by Crippen LogP contribution is -2.17. The molecule has 0 atom stereocenters. The van der Waals surface area contributed by atoms with Gasteiger partial charge in [0.25, 0.3) is 5.91 Å². The molecule has 0 saturated carbocycles. The lowest BCUT2D eigenvalue weighted by molar-refractivity contribution is 0.0522. The van der Waals surface area contributed by atoms with Gasteiger partial charge in [0, 0.05) is 20.9 Å². The molecule has 3 aromatic rings. The number of halogens is 1. The number of hydrogen-bond acceptors (Lipinski definition) is 3. The van der Waals surface area contributed by atoms with Crippen LogP contribution in [0.1, 0.15) is 44.5 Å². The summed E-state index contributed by atoms with van der Waals surface area (Å²) in [7, 11) is 0. The molecule has 0 fully saturated rings.